The van der Waals surface area contributed by atoms with Crippen molar-refractivity contribution in [2.24, 2.45) is 13.0 Å². The summed E-state index contributed by atoms with van der Waals surface area (Å²) in [4.78, 5) is -0.571. The van der Waals surface area contributed by atoms with Gasteiger partial charge in [-0.3, -0.25) is 8.99 Å². The molecule has 0 amide bonds. The third kappa shape index (κ3) is 4.20. The number of hydrogen-bond acceptors (Lipinski definition) is 5. The van der Waals surface area contributed by atoms with E-state index in [2.05, 4.69) is 9.82 Å². The second kappa shape index (κ2) is 7.14. The molecule has 0 radical (unpaired) electrons. The predicted molar refractivity (Wildman–Crippen MR) is 95.3 cm³/mol. The Labute approximate surface area is 148 Å². The van der Waals surface area contributed by atoms with Crippen LogP contribution in [0.1, 0.15) is 13.8 Å². The van der Waals surface area contributed by atoms with E-state index in [4.69, 9.17) is 0 Å². The summed E-state index contributed by atoms with van der Waals surface area (Å²) in [6.45, 7) is 3.94. The molecule has 1 aromatic heterocycles. The topological polar surface area (TPSA) is 101 Å². The van der Waals surface area contributed by atoms with Crippen LogP contribution in [0.4, 0.5) is 5.82 Å². The minimum atomic E-state index is -4.09. The number of hydrogen-bond donors (Lipinski definition) is 1. The fourth-order valence-corrected chi connectivity index (χ4v) is 5.24. The zero-order valence-corrected chi connectivity index (χ0v) is 16.2. The van der Waals surface area contributed by atoms with Crippen LogP contribution >= 0.6 is 0 Å². The van der Waals surface area contributed by atoms with Crippen LogP contribution in [0.5, 0.6) is 0 Å². The van der Waals surface area contributed by atoms with Crippen molar-refractivity contribution in [3.8, 4) is 0 Å². The Hall–Kier alpha value is -1.91. The minimum absolute atomic E-state index is 0.0923. The van der Waals surface area contributed by atoms with Crippen LogP contribution in [0.15, 0.2) is 46.3 Å². The Balaban J connectivity index is 2.49. The van der Waals surface area contributed by atoms with E-state index in [0.29, 0.717) is 0 Å². The van der Waals surface area contributed by atoms with E-state index in [0.717, 1.165) is 4.31 Å². The maximum absolute atomic E-state index is 12.9. The summed E-state index contributed by atoms with van der Waals surface area (Å²) in [5.74, 6) is 0.291. The SMILES string of the molecule is CC(C)CNS(=O)(=O)c1ccccc1S(=O)(=O)N(C)c1ccn(C)n1. The van der Waals surface area contributed by atoms with Crippen LogP contribution in [0.25, 0.3) is 0 Å². The van der Waals surface area contributed by atoms with E-state index >= 15 is 0 Å². The summed E-state index contributed by atoms with van der Waals surface area (Å²) >= 11 is 0. The van der Waals surface area contributed by atoms with Gasteiger partial charge in [0.2, 0.25) is 10.0 Å². The standard InChI is InChI=1S/C15H22N4O4S2/c1-12(2)11-16-24(20,21)13-7-5-6-8-14(13)25(22,23)19(4)15-9-10-18(3)17-15/h5-10,12,16H,11H2,1-4H3. The van der Waals surface area contributed by atoms with Gasteiger partial charge >= 0.3 is 0 Å². The number of sulfonamides is 2. The monoisotopic (exact) mass is 386 g/mol. The average molecular weight is 386 g/mol. The van der Waals surface area contributed by atoms with Crippen molar-refractivity contribution in [3.05, 3.63) is 36.5 Å². The van der Waals surface area contributed by atoms with Gasteiger partial charge in [0.25, 0.3) is 10.0 Å². The molecule has 1 heterocycles. The molecule has 1 aromatic carbocycles. The Bertz CT molecular complexity index is 949. The van der Waals surface area contributed by atoms with E-state index in [9.17, 15) is 16.8 Å². The highest BCUT2D eigenvalue weighted by Crippen LogP contribution is 2.26. The van der Waals surface area contributed by atoms with Gasteiger partial charge < -0.3 is 0 Å². The van der Waals surface area contributed by atoms with Gasteiger partial charge in [-0.15, -0.1) is 0 Å². The molecule has 0 aliphatic rings. The Kier molecular flexibility index (Phi) is 5.55. The van der Waals surface area contributed by atoms with E-state index in [1.807, 2.05) is 13.8 Å². The number of benzene rings is 1. The summed E-state index contributed by atoms with van der Waals surface area (Å²) in [7, 11) is -5.05. The molecule has 0 aliphatic carbocycles. The number of nitrogens with one attached hydrogen (secondary N) is 1. The number of aromatic nitrogens is 2. The van der Waals surface area contributed by atoms with E-state index < -0.39 is 20.0 Å². The average Bonchev–Trinajstić information content (AvgIpc) is 2.98. The van der Waals surface area contributed by atoms with Crippen molar-refractivity contribution >= 4 is 25.9 Å². The van der Waals surface area contributed by atoms with Gasteiger partial charge in [-0.2, -0.15) is 5.10 Å². The Morgan fingerprint density at radius 3 is 2.24 bits per heavy atom. The van der Waals surface area contributed by atoms with Crippen LogP contribution in [0, 0.1) is 5.92 Å². The lowest BCUT2D eigenvalue weighted by atomic mass is 10.2. The fourth-order valence-electron chi connectivity index (χ4n) is 2.08. The normalized spacial score (nSPS) is 12.5. The first kappa shape index (κ1) is 19.4. The highest BCUT2D eigenvalue weighted by atomic mass is 32.2. The third-order valence-corrected chi connectivity index (χ3v) is 6.91. The zero-order chi connectivity index (χ0) is 18.8. The van der Waals surface area contributed by atoms with Crippen molar-refractivity contribution in [1.29, 1.82) is 0 Å². The summed E-state index contributed by atoms with van der Waals surface area (Å²) < 4.78 is 55.8. The van der Waals surface area contributed by atoms with Crippen LogP contribution in [-0.4, -0.2) is 40.2 Å². The summed E-state index contributed by atoms with van der Waals surface area (Å²) in [5, 5.41) is 4.05. The molecule has 0 aliphatic heterocycles. The second-order valence-corrected chi connectivity index (χ2v) is 9.69. The summed E-state index contributed by atoms with van der Waals surface area (Å²) in [5.41, 5.74) is 0. The first-order valence-electron chi connectivity index (χ1n) is 7.63. The largest absolute Gasteiger partial charge is 0.274 e. The maximum atomic E-state index is 12.9. The van der Waals surface area contributed by atoms with E-state index in [1.54, 1.807) is 13.2 Å². The molecule has 8 nitrogen and oxygen atoms in total. The Morgan fingerprint density at radius 2 is 1.72 bits per heavy atom. The van der Waals surface area contributed by atoms with Crippen LogP contribution < -0.4 is 9.03 Å². The molecule has 0 unspecified atom stereocenters. The second-order valence-electron chi connectivity index (χ2n) is 6.01. The lowest BCUT2D eigenvalue weighted by Gasteiger charge is -2.19. The summed E-state index contributed by atoms with van der Waals surface area (Å²) in [6.07, 6.45) is 1.61. The number of anilines is 1. The molecule has 0 saturated carbocycles. The smallest absolute Gasteiger partial charge is 0.266 e. The number of rotatable bonds is 7. The van der Waals surface area contributed by atoms with Crippen LogP contribution in [-0.2, 0) is 27.1 Å². The molecule has 10 heteroatoms. The van der Waals surface area contributed by atoms with Crippen molar-refractivity contribution in [2.45, 2.75) is 23.6 Å². The van der Waals surface area contributed by atoms with Crippen molar-refractivity contribution in [1.82, 2.24) is 14.5 Å². The molecule has 0 spiro atoms. The van der Waals surface area contributed by atoms with Crippen molar-refractivity contribution in [3.63, 3.8) is 0 Å². The lowest BCUT2D eigenvalue weighted by Crippen LogP contribution is -2.32. The fraction of sp³-hybridized carbons (Fsp3) is 0.400. The molecule has 138 valence electrons. The van der Waals surface area contributed by atoms with Gasteiger partial charge in [0.05, 0.1) is 0 Å². The molecule has 0 fully saturated rings. The van der Waals surface area contributed by atoms with Gasteiger partial charge in [-0.1, -0.05) is 26.0 Å². The molecule has 2 rings (SSSR count). The van der Waals surface area contributed by atoms with Crippen LogP contribution in [0.2, 0.25) is 0 Å². The predicted octanol–water partition coefficient (Wildman–Crippen LogP) is 1.18. The molecule has 1 N–H and O–H groups in total. The first-order valence-corrected chi connectivity index (χ1v) is 10.6. The van der Waals surface area contributed by atoms with Gasteiger partial charge in [0.15, 0.2) is 5.82 Å². The Morgan fingerprint density at radius 1 is 1.12 bits per heavy atom. The molecule has 0 bridgehead atoms. The molecule has 2 aromatic rings. The molecular formula is C15H22N4O4S2. The lowest BCUT2D eigenvalue weighted by molar-refractivity contribution is 0.555. The third-order valence-electron chi connectivity index (χ3n) is 3.48. The van der Waals surface area contributed by atoms with E-state index in [-0.39, 0.29) is 28.1 Å². The number of nitrogens with zero attached hydrogens (tertiary/aromatic N) is 3. The van der Waals surface area contributed by atoms with Crippen molar-refractivity contribution < 1.29 is 16.8 Å². The highest BCUT2D eigenvalue weighted by Gasteiger charge is 2.30. The zero-order valence-electron chi connectivity index (χ0n) is 14.5. The minimum Gasteiger partial charge on any atom is -0.274 e. The first-order chi connectivity index (χ1) is 11.6. The van der Waals surface area contributed by atoms with Gasteiger partial charge in [0, 0.05) is 32.9 Å². The molecule has 0 saturated heterocycles. The van der Waals surface area contributed by atoms with Gasteiger partial charge in [-0.25, -0.2) is 21.6 Å². The maximum Gasteiger partial charge on any atom is 0.266 e. The molecular weight excluding hydrogens is 364 g/mol. The summed E-state index contributed by atoms with van der Waals surface area (Å²) in [6, 6.07) is 7.07. The van der Waals surface area contributed by atoms with Gasteiger partial charge in [0.1, 0.15) is 9.79 Å². The number of aryl methyl sites for hydroxylation is 1. The van der Waals surface area contributed by atoms with Crippen LogP contribution in [0.3, 0.4) is 0 Å². The molecule has 25 heavy (non-hydrogen) atoms. The van der Waals surface area contributed by atoms with Crippen molar-refractivity contribution in [2.75, 3.05) is 17.9 Å². The molecule has 0 atom stereocenters. The quantitative estimate of drug-likeness (QED) is 0.770. The highest BCUT2D eigenvalue weighted by molar-refractivity contribution is 7.94. The van der Waals surface area contributed by atoms with Gasteiger partial charge in [-0.05, 0) is 18.1 Å². The van der Waals surface area contributed by atoms with E-state index in [1.165, 1.54) is 42.1 Å².